The third kappa shape index (κ3) is 5.93. The maximum absolute atomic E-state index is 13.3. The zero-order valence-corrected chi connectivity index (χ0v) is 11.6. The van der Waals surface area contributed by atoms with Crippen LogP contribution in [0.25, 0.3) is 0 Å². The molecule has 0 aliphatic carbocycles. The van der Waals surface area contributed by atoms with Gasteiger partial charge in [0.25, 0.3) is 0 Å². The molecule has 0 heterocycles. The first-order valence-corrected chi connectivity index (χ1v) is 6.63. The molecule has 1 rings (SSSR count). The second-order valence-electron chi connectivity index (χ2n) is 4.50. The summed E-state index contributed by atoms with van der Waals surface area (Å²) in [6.07, 6.45) is 2.07. The standard InChI is InChI=1S/C15H18ClFO/c1-12(2)5-4-8-18-15-10-13(6-3-7-16)9-14(17)11-15/h9-12H,4-5,7-8H2,1-2H3. The molecule has 0 saturated heterocycles. The van der Waals surface area contributed by atoms with Crippen LogP contribution in [0, 0.1) is 23.6 Å². The molecule has 1 aromatic rings. The van der Waals surface area contributed by atoms with Gasteiger partial charge in [0.1, 0.15) is 11.6 Å². The van der Waals surface area contributed by atoms with Gasteiger partial charge in [-0.25, -0.2) is 4.39 Å². The van der Waals surface area contributed by atoms with Gasteiger partial charge in [0.05, 0.1) is 12.5 Å². The van der Waals surface area contributed by atoms with Crippen LogP contribution in [-0.4, -0.2) is 12.5 Å². The molecule has 1 nitrogen and oxygen atoms in total. The third-order valence-corrected chi connectivity index (χ3v) is 2.50. The lowest BCUT2D eigenvalue weighted by atomic mass is 10.1. The molecule has 3 heteroatoms. The number of ether oxygens (including phenoxy) is 1. The summed E-state index contributed by atoms with van der Waals surface area (Å²) in [4.78, 5) is 0. The van der Waals surface area contributed by atoms with Crippen LogP contribution in [0.3, 0.4) is 0 Å². The molecule has 0 bridgehead atoms. The molecule has 0 aliphatic heterocycles. The van der Waals surface area contributed by atoms with Gasteiger partial charge in [-0.05, 0) is 30.9 Å². The summed E-state index contributed by atoms with van der Waals surface area (Å²) in [5, 5.41) is 0. The van der Waals surface area contributed by atoms with Crippen molar-refractivity contribution in [3.63, 3.8) is 0 Å². The molecule has 0 saturated carbocycles. The van der Waals surface area contributed by atoms with Gasteiger partial charge >= 0.3 is 0 Å². The van der Waals surface area contributed by atoms with E-state index in [0.29, 0.717) is 23.8 Å². The van der Waals surface area contributed by atoms with Crippen LogP contribution in [0.4, 0.5) is 4.39 Å². The van der Waals surface area contributed by atoms with Crippen molar-refractivity contribution in [1.82, 2.24) is 0 Å². The van der Waals surface area contributed by atoms with Crippen molar-refractivity contribution >= 4 is 11.6 Å². The highest BCUT2D eigenvalue weighted by Gasteiger charge is 2.01. The van der Waals surface area contributed by atoms with Gasteiger partial charge in [-0.2, -0.15) is 0 Å². The Morgan fingerprint density at radius 1 is 1.33 bits per heavy atom. The predicted octanol–water partition coefficient (Wildman–Crippen LogP) is 4.23. The molecule has 18 heavy (non-hydrogen) atoms. The summed E-state index contributed by atoms with van der Waals surface area (Å²) >= 11 is 5.46. The van der Waals surface area contributed by atoms with E-state index in [1.54, 1.807) is 6.07 Å². The minimum atomic E-state index is -0.338. The second kappa shape index (κ2) is 8.00. The number of benzene rings is 1. The number of hydrogen-bond acceptors (Lipinski definition) is 1. The lowest BCUT2D eigenvalue weighted by Gasteiger charge is -2.08. The molecule has 1 aromatic carbocycles. The van der Waals surface area contributed by atoms with Gasteiger partial charge in [0, 0.05) is 11.6 Å². The van der Waals surface area contributed by atoms with E-state index in [2.05, 4.69) is 25.7 Å². The van der Waals surface area contributed by atoms with Gasteiger partial charge in [0.15, 0.2) is 0 Å². The SMILES string of the molecule is CC(C)CCCOc1cc(F)cc(C#CCCl)c1. The van der Waals surface area contributed by atoms with E-state index in [1.807, 2.05) is 0 Å². The van der Waals surface area contributed by atoms with Crippen molar-refractivity contribution in [1.29, 1.82) is 0 Å². The topological polar surface area (TPSA) is 9.23 Å². The number of halogens is 2. The minimum Gasteiger partial charge on any atom is -0.493 e. The van der Waals surface area contributed by atoms with E-state index in [4.69, 9.17) is 16.3 Å². The molecule has 0 fully saturated rings. The van der Waals surface area contributed by atoms with Gasteiger partial charge in [0.2, 0.25) is 0 Å². The Morgan fingerprint density at radius 3 is 2.78 bits per heavy atom. The van der Waals surface area contributed by atoms with Crippen LogP contribution in [0.2, 0.25) is 0 Å². The van der Waals surface area contributed by atoms with Crippen molar-refractivity contribution in [2.24, 2.45) is 5.92 Å². The van der Waals surface area contributed by atoms with E-state index in [-0.39, 0.29) is 11.7 Å². The van der Waals surface area contributed by atoms with Gasteiger partial charge in [-0.15, -0.1) is 11.6 Å². The maximum Gasteiger partial charge on any atom is 0.128 e. The second-order valence-corrected chi connectivity index (χ2v) is 4.76. The minimum absolute atomic E-state index is 0.237. The molecule has 0 unspecified atom stereocenters. The highest BCUT2D eigenvalue weighted by molar-refractivity contribution is 6.19. The van der Waals surface area contributed by atoms with Crippen molar-refractivity contribution in [2.75, 3.05) is 12.5 Å². The lowest BCUT2D eigenvalue weighted by molar-refractivity contribution is 0.296. The molecule has 0 aromatic heterocycles. The molecule has 0 aliphatic rings. The van der Waals surface area contributed by atoms with E-state index in [1.165, 1.54) is 12.1 Å². The van der Waals surface area contributed by atoms with E-state index < -0.39 is 0 Å². The normalized spacial score (nSPS) is 10.1. The first-order valence-electron chi connectivity index (χ1n) is 6.10. The molecular weight excluding hydrogens is 251 g/mol. The highest BCUT2D eigenvalue weighted by Crippen LogP contribution is 2.16. The summed E-state index contributed by atoms with van der Waals surface area (Å²) < 4.78 is 18.8. The summed E-state index contributed by atoms with van der Waals surface area (Å²) in [6.45, 7) is 4.94. The quantitative estimate of drug-likeness (QED) is 0.441. The van der Waals surface area contributed by atoms with Crippen molar-refractivity contribution in [3.05, 3.63) is 29.6 Å². The van der Waals surface area contributed by atoms with Crippen LogP contribution in [0.5, 0.6) is 5.75 Å². The number of rotatable bonds is 5. The third-order valence-electron chi connectivity index (χ3n) is 2.37. The largest absolute Gasteiger partial charge is 0.493 e. The van der Waals surface area contributed by atoms with Crippen molar-refractivity contribution in [2.45, 2.75) is 26.7 Å². The summed E-state index contributed by atoms with van der Waals surface area (Å²) in [5.74, 6) is 6.56. The van der Waals surface area contributed by atoms with E-state index in [0.717, 1.165) is 12.8 Å². The molecule has 0 atom stereocenters. The highest BCUT2D eigenvalue weighted by atomic mass is 35.5. The Hall–Kier alpha value is -1.20. The summed E-state index contributed by atoms with van der Waals surface area (Å²) in [7, 11) is 0. The molecule has 0 N–H and O–H groups in total. The summed E-state index contributed by atoms with van der Waals surface area (Å²) in [5.41, 5.74) is 0.592. The fourth-order valence-corrected chi connectivity index (χ4v) is 1.60. The molecule has 98 valence electrons. The zero-order chi connectivity index (χ0) is 13.4. The van der Waals surface area contributed by atoms with Gasteiger partial charge in [-0.1, -0.05) is 25.7 Å². The zero-order valence-electron chi connectivity index (χ0n) is 10.8. The maximum atomic E-state index is 13.3. The van der Waals surface area contributed by atoms with E-state index >= 15 is 0 Å². The fraction of sp³-hybridized carbons (Fsp3) is 0.467. The molecule has 0 spiro atoms. The van der Waals surface area contributed by atoms with Crippen LogP contribution in [-0.2, 0) is 0 Å². The van der Waals surface area contributed by atoms with Crippen molar-refractivity contribution in [3.8, 4) is 17.6 Å². The van der Waals surface area contributed by atoms with Gasteiger partial charge in [-0.3, -0.25) is 0 Å². The number of hydrogen-bond donors (Lipinski definition) is 0. The monoisotopic (exact) mass is 268 g/mol. The Labute approximate surface area is 113 Å². The lowest BCUT2D eigenvalue weighted by Crippen LogP contribution is -2.00. The Morgan fingerprint density at radius 2 is 2.11 bits per heavy atom. The summed E-state index contributed by atoms with van der Waals surface area (Å²) in [6, 6.07) is 4.49. The Kier molecular flexibility index (Phi) is 6.60. The van der Waals surface area contributed by atoms with Crippen LogP contribution >= 0.6 is 11.6 Å². The molecule has 0 radical (unpaired) electrons. The Balaban J connectivity index is 2.57. The molecule has 0 amide bonds. The van der Waals surface area contributed by atoms with Crippen LogP contribution < -0.4 is 4.74 Å². The predicted molar refractivity (Wildman–Crippen MR) is 73.6 cm³/mol. The van der Waals surface area contributed by atoms with E-state index in [9.17, 15) is 4.39 Å². The van der Waals surface area contributed by atoms with Crippen molar-refractivity contribution < 1.29 is 9.13 Å². The first kappa shape index (κ1) is 14.9. The van der Waals surface area contributed by atoms with Gasteiger partial charge < -0.3 is 4.74 Å². The van der Waals surface area contributed by atoms with Crippen LogP contribution in [0.1, 0.15) is 32.3 Å². The molecular formula is C15H18ClFO. The smallest absolute Gasteiger partial charge is 0.128 e. The average Bonchev–Trinajstić information content (AvgIpc) is 2.31. The average molecular weight is 269 g/mol. The fourth-order valence-electron chi connectivity index (χ4n) is 1.54. The van der Waals surface area contributed by atoms with Crippen LogP contribution in [0.15, 0.2) is 18.2 Å². The number of alkyl halides is 1. The Bertz CT molecular complexity index is 432. The first-order chi connectivity index (χ1) is 8.61.